The highest BCUT2D eigenvalue weighted by Crippen LogP contribution is 2.36. The SMILES string of the molecule is CC(C)COC[C@@H](O)CN(Cc1c(-c2ccccc2)nn(C)c1Oc1ccc(F)cc1)CC1CC1. The van der Waals surface area contributed by atoms with E-state index in [4.69, 9.17) is 14.6 Å². The monoisotopic (exact) mass is 481 g/mol. The van der Waals surface area contributed by atoms with Crippen molar-refractivity contribution in [1.29, 1.82) is 0 Å². The zero-order valence-corrected chi connectivity index (χ0v) is 20.9. The average molecular weight is 482 g/mol. The van der Waals surface area contributed by atoms with Crippen molar-refractivity contribution in [3.05, 3.63) is 66.0 Å². The van der Waals surface area contributed by atoms with Gasteiger partial charge in [-0.05, 0) is 48.9 Å². The molecular weight excluding hydrogens is 445 g/mol. The Labute approximate surface area is 207 Å². The first-order valence-electron chi connectivity index (χ1n) is 12.4. The zero-order valence-electron chi connectivity index (χ0n) is 20.9. The summed E-state index contributed by atoms with van der Waals surface area (Å²) in [7, 11) is 1.86. The lowest BCUT2D eigenvalue weighted by atomic mass is 10.1. The number of hydrogen-bond donors (Lipinski definition) is 1. The molecule has 1 atom stereocenters. The third-order valence-electron chi connectivity index (χ3n) is 5.99. The number of aromatic nitrogens is 2. The van der Waals surface area contributed by atoms with Gasteiger partial charge in [0, 0.05) is 38.9 Å². The van der Waals surface area contributed by atoms with Gasteiger partial charge in [0.15, 0.2) is 0 Å². The van der Waals surface area contributed by atoms with Crippen LogP contribution in [-0.4, -0.2) is 52.2 Å². The van der Waals surface area contributed by atoms with Gasteiger partial charge in [0.2, 0.25) is 5.88 Å². The molecule has 0 aliphatic heterocycles. The Balaban J connectivity index is 1.60. The highest BCUT2D eigenvalue weighted by molar-refractivity contribution is 5.65. The summed E-state index contributed by atoms with van der Waals surface area (Å²) >= 11 is 0. The van der Waals surface area contributed by atoms with Crippen LogP contribution in [0.5, 0.6) is 11.6 Å². The van der Waals surface area contributed by atoms with E-state index in [1.165, 1.54) is 25.0 Å². The van der Waals surface area contributed by atoms with Crippen molar-refractivity contribution in [2.24, 2.45) is 18.9 Å². The molecule has 0 unspecified atom stereocenters. The number of halogens is 1. The summed E-state index contributed by atoms with van der Waals surface area (Å²) in [6.07, 6.45) is 1.85. The molecule has 1 fully saturated rings. The van der Waals surface area contributed by atoms with Gasteiger partial charge in [0.05, 0.1) is 18.3 Å². The molecule has 35 heavy (non-hydrogen) atoms. The van der Waals surface area contributed by atoms with Crippen molar-refractivity contribution < 1.29 is 19.0 Å². The molecule has 1 N–H and O–H groups in total. The number of ether oxygens (including phenoxy) is 2. The lowest BCUT2D eigenvalue weighted by molar-refractivity contribution is 0.00613. The second-order valence-corrected chi connectivity index (χ2v) is 9.90. The molecule has 7 heteroatoms. The number of hydrogen-bond acceptors (Lipinski definition) is 5. The molecule has 1 aliphatic rings. The maximum Gasteiger partial charge on any atom is 0.222 e. The molecule has 1 aliphatic carbocycles. The number of aliphatic hydroxyl groups is 1. The van der Waals surface area contributed by atoms with E-state index in [9.17, 15) is 9.50 Å². The fourth-order valence-electron chi connectivity index (χ4n) is 4.15. The van der Waals surface area contributed by atoms with Crippen LogP contribution in [-0.2, 0) is 18.3 Å². The van der Waals surface area contributed by atoms with Gasteiger partial charge in [-0.15, -0.1) is 0 Å². The summed E-state index contributed by atoms with van der Waals surface area (Å²) in [6.45, 7) is 7.14. The fraction of sp³-hybridized carbons (Fsp3) is 0.464. The van der Waals surface area contributed by atoms with Gasteiger partial charge >= 0.3 is 0 Å². The van der Waals surface area contributed by atoms with E-state index in [0.717, 1.165) is 23.4 Å². The molecule has 0 bridgehead atoms. The van der Waals surface area contributed by atoms with E-state index in [1.807, 2.05) is 37.4 Å². The van der Waals surface area contributed by atoms with Gasteiger partial charge in [0.1, 0.15) is 17.3 Å². The quantitative estimate of drug-likeness (QED) is 0.361. The molecule has 0 radical (unpaired) electrons. The predicted octanol–water partition coefficient (Wildman–Crippen LogP) is 5.26. The van der Waals surface area contributed by atoms with Crippen LogP contribution < -0.4 is 4.74 Å². The van der Waals surface area contributed by atoms with Gasteiger partial charge in [-0.1, -0.05) is 44.2 Å². The fourth-order valence-corrected chi connectivity index (χ4v) is 4.15. The van der Waals surface area contributed by atoms with Crippen molar-refractivity contribution in [3.63, 3.8) is 0 Å². The summed E-state index contributed by atoms with van der Waals surface area (Å²) in [5.41, 5.74) is 2.79. The van der Waals surface area contributed by atoms with Gasteiger partial charge in [0.25, 0.3) is 0 Å². The third-order valence-corrected chi connectivity index (χ3v) is 5.99. The normalized spacial score (nSPS) is 14.6. The topological polar surface area (TPSA) is 59.8 Å². The summed E-state index contributed by atoms with van der Waals surface area (Å²) in [6, 6.07) is 16.0. The van der Waals surface area contributed by atoms with E-state index in [-0.39, 0.29) is 5.82 Å². The summed E-state index contributed by atoms with van der Waals surface area (Å²) in [5, 5.41) is 15.5. The molecule has 0 spiro atoms. The second-order valence-electron chi connectivity index (χ2n) is 9.90. The third kappa shape index (κ3) is 7.37. The summed E-state index contributed by atoms with van der Waals surface area (Å²) in [5.74, 6) is 1.93. The van der Waals surface area contributed by atoms with E-state index in [2.05, 4.69) is 18.7 Å². The van der Waals surface area contributed by atoms with Crippen molar-refractivity contribution >= 4 is 0 Å². The molecule has 0 amide bonds. The van der Waals surface area contributed by atoms with Crippen molar-refractivity contribution in [3.8, 4) is 22.9 Å². The number of benzene rings is 2. The smallest absolute Gasteiger partial charge is 0.222 e. The number of aliphatic hydroxyl groups excluding tert-OH is 1. The van der Waals surface area contributed by atoms with Gasteiger partial charge in [-0.2, -0.15) is 5.10 Å². The minimum Gasteiger partial charge on any atom is -0.439 e. The number of nitrogens with zero attached hydrogens (tertiary/aromatic N) is 3. The largest absolute Gasteiger partial charge is 0.439 e. The summed E-state index contributed by atoms with van der Waals surface area (Å²) in [4.78, 5) is 2.28. The van der Waals surface area contributed by atoms with Crippen LogP contribution >= 0.6 is 0 Å². The Bertz CT molecular complexity index is 1070. The van der Waals surface area contributed by atoms with Gasteiger partial charge in [-0.3, -0.25) is 4.90 Å². The molecule has 0 saturated heterocycles. The molecule has 6 nitrogen and oxygen atoms in total. The first-order chi connectivity index (χ1) is 16.9. The predicted molar refractivity (Wildman–Crippen MR) is 135 cm³/mol. The van der Waals surface area contributed by atoms with Crippen LogP contribution in [0, 0.1) is 17.7 Å². The van der Waals surface area contributed by atoms with E-state index in [0.29, 0.717) is 49.8 Å². The standard InChI is InChI=1S/C28H36FN3O3/c1-20(2)18-34-19-24(33)16-32(15-21-9-10-21)17-26-27(22-7-5-4-6-8-22)30-31(3)28(26)35-25-13-11-23(29)12-14-25/h4-8,11-14,20-21,24,33H,9-10,15-19H2,1-3H3/t24-/m0/s1. The van der Waals surface area contributed by atoms with Crippen LogP contribution in [0.3, 0.4) is 0 Å². The Morgan fingerprint density at radius 3 is 2.46 bits per heavy atom. The number of aryl methyl sites for hydroxylation is 1. The molecule has 4 rings (SSSR count). The van der Waals surface area contributed by atoms with Crippen LogP contribution in [0.2, 0.25) is 0 Å². The van der Waals surface area contributed by atoms with E-state index in [1.54, 1.807) is 16.8 Å². The lowest BCUT2D eigenvalue weighted by Crippen LogP contribution is -2.36. The molecule has 1 saturated carbocycles. The molecule has 1 heterocycles. The van der Waals surface area contributed by atoms with Crippen LogP contribution in [0.15, 0.2) is 54.6 Å². The van der Waals surface area contributed by atoms with Crippen molar-refractivity contribution in [1.82, 2.24) is 14.7 Å². The Hall–Kier alpha value is -2.74. The maximum atomic E-state index is 13.4. The summed E-state index contributed by atoms with van der Waals surface area (Å²) < 4.78 is 27.1. The van der Waals surface area contributed by atoms with Gasteiger partial charge in [-0.25, -0.2) is 9.07 Å². The van der Waals surface area contributed by atoms with Gasteiger partial charge < -0.3 is 14.6 Å². The minimum absolute atomic E-state index is 0.308. The minimum atomic E-state index is -0.578. The Kier molecular flexibility index (Phi) is 8.55. The molecular formula is C28H36FN3O3. The Morgan fingerprint density at radius 2 is 1.80 bits per heavy atom. The molecule has 1 aromatic heterocycles. The molecule has 188 valence electrons. The van der Waals surface area contributed by atoms with E-state index < -0.39 is 6.10 Å². The average Bonchev–Trinajstić information content (AvgIpc) is 3.60. The molecule has 2 aromatic carbocycles. The second kappa shape index (κ2) is 11.8. The van der Waals surface area contributed by atoms with Crippen molar-refractivity contribution in [2.45, 2.75) is 39.3 Å². The highest BCUT2D eigenvalue weighted by Gasteiger charge is 2.28. The van der Waals surface area contributed by atoms with Crippen LogP contribution in [0.4, 0.5) is 4.39 Å². The highest BCUT2D eigenvalue weighted by atomic mass is 19.1. The molecule has 3 aromatic rings. The van der Waals surface area contributed by atoms with Crippen LogP contribution in [0.1, 0.15) is 32.3 Å². The van der Waals surface area contributed by atoms with Crippen molar-refractivity contribution in [2.75, 3.05) is 26.3 Å². The zero-order chi connectivity index (χ0) is 24.8. The Morgan fingerprint density at radius 1 is 1.09 bits per heavy atom. The van der Waals surface area contributed by atoms with E-state index >= 15 is 0 Å². The van der Waals surface area contributed by atoms with Crippen LogP contribution in [0.25, 0.3) is 11.3 Å². The maximum absolute atomic E-state index is 13.4. The number of rotatable bonds is 13. The first-order valence-corrected chi connectivity index (χ1v) is 12.4. The first kappa shape index (κ1) is 25.4. The lowest BCUT2D eigenvalue weighted by Gasteiger charge is -2.26.